The van der Waals surface area contributed by atoms with Gasteiger partial charge in [-0.2, -0.15) is 0 Å². The molecule has 3 rings (SSSR count). The number of benzene rings is 1. The molecule has 2 N–H and O–H groups in total. The van der Waals surface area contributed by atoms with Crippen molar-refractivity contribution in [3.8, 4) is 0 Å². The van der Waals surface area contributed by atoms with Gasteiger partial charge in [-0.05, 0) is 30.9 Å². The van der Waals surface area contributed by atoms with E-state index in [1.807, 2.05) is 4.57 Å². The van der Waals surface area contributed by atoms with E-state index in [9.17, 15) is 10.2 Å². The van der Waals surface area contributed by atoms with Crippen molar-refractivity contribution in [2.45, 2.75) is 25.0 Å². The molecule has 1 aromatic carbocycles. The number of hydrogen-bond acceptors (Lipinski definition) is 3. The molecule has 0 radical (unpaired) electrons. The predicted molar refractivity (Wildman–Crippen MR) is 74.6 cm³/mol. The highest BCUT2D eigenvalue weighted by molar-refractivity contribution is 6.42. The van der Waals surface area contributed by atoms with Crippen LogP contribution in [0.25, 0.3) is 11.0 Å². The third kappa shape index (κ3) is 2.23. The molecule has 0 aliphatic heterocycles. The molecule has 1 fully saturated rings. The number of hydrogen-bond donors (Lipinski definition) is 2. The van der Waals surface area contributed by atoms with Crippen LogP contribution in [-0.2, 0) is 0 Å². The van der Waals surface area contributed by atoms with Gasteiger partial charge in [-0.3, -0.25) is 0 Å². The van der Waals surface area contributed by atoms with E-state index in [0.29, 0.717) is 16.5 Å². The van der Waals surface area contributed by atoms with Gasteiger partial charge in [0.05, 0.1) is 39.6 Å². The molecule has 19 heavy (non-hydrogen) atoms. The fraction of sp³-hybridized carbons (Fsp3) is 0.462. The first-order chi connectivity index (χ1) is 9.10. The van der Waals surface area contributed by atoms with Crippen LogP contribution in [0.1, 0.15) is 18.9 Å². The lowest BCUT2D eigenvalue weighted by molar-refractivity contribution is 0.132. The van der Waals surface area contributed by atoms with E-state index in [1.165, 1.54) is 0 Å². The number of fused-ring (bicyclic) bond motifs is 1. The number of nitrogens with zero attached hydrogens (tertiary/aromatic N) is 2. The van der Waals surface area contributed by atoms with Crippen LogP contribution in [0.4, 0.5) is 0 Å². The van der Waals surface area contributed by atoms with Crippen LogP contribution < -0.4 is 0 Å². The molecule has 0 bridgehead atoms. The lowest BCUT2D eigenvalue weighted by Gasteiger charge is -2.17. The summed E-state index contributed by atoms with van der Waals surface area (Å²) in [5.74, 6) is 0.139. The maximum atomic E-state index is 10.1. The Morgan fingerprint density at radius 3 is 2.68 bits per heavy atom. The van der Waals surface area contributed by atoms with Crippen molar-refractivity contribution in [3.05, 3.63) is 28.5 Å². The first-order valence-corrected chi connectivity index (χ1v) is 6.96. The summed E-state index contributed by atoms with van der Waals surface area (Å²) in [5, 5.41) is 20.3. The fourth-order valence-corrected chi connectivity index (χ4v) is 3.14. The summed E-state index contributed by atoms with van der Waals surface area (Å²) in [6, 6.07) is 3.42. The third-order valence-electron chi connectivity index (χ3n) is 3.83. The van der Waals surface area contributed by atoms with E-state index >= 15 is 0 Å². The quantitative estimate of drug-likeness (QED) is 0.896. The second-order valence-corrected chi connectivity index (χ2v) is 5.88. The Balaban J connectivity index is 2.04. The molecule has 3 atom stereocenters. The van der Waals surface area contributed by atoms with E-state index in [0.717, 1.165) is 17.5 Å². The minimum Gasteiger partial charge on any atom is -0.396 e. The maximum Gasteiger partial charge on any atom is 0.0961 e. The second-order valence-electron chi connectivity index (χ2n) is 5.06. The third-order valence-corrected chi connectivity index (χ3v) is 4.55. The number of imidazole rings is 1. The van der Waals surface area contributed by atoms with Crippen LogP contribution in [0.3, 0.4) is 0 Å². The van der Waals surface area contributed by atoms with Crippen LogP contribution in [0, 0.1) is 5.92 Å². The average molecular weight is 301 g/mol. The Labute approximate surface area is 120 Å². The first-order valence-electron chi connectivity index (χ1n) is 6.20. The summed E-state index contributed by atoms with van der Waals surface area (Å²) in [4.78, 5) is 4.30. The van der Waals surface area contributed by atoms with Gasteiger partial charge < -0.3 is 14.8 Å². The molecule has 102 valence electrons. The fourth-order valence-electron chi connectivity index (χ4n) is 2.83. The summed E-state index contributed by atoms with van der Waals surface area (Å²) in [6.07, 6.45) is 2.58. The van der Waals surface area contributed by atoms with Gasteiger partial charge in [0, 0.05) is 6.61 Å². The molecule has 0 saturated heterocycles. The molecule has 1 heterocycles. The molecule has 2 aromatic rings. The summed E-state index contributed by atoms with van der Waals surface area (Å²) in [5.41, 5.74) is 1.62. The van der Waals surface area contributed by atoms with Crippen LogP contribution in [0.5, 0.6) is 0 Å². The molecule has 1 aliphatic carbocycles. The summed E-state index contributed by atoms with van der Waals surface area (Å²) in [6.45, 7) is 0.104. The highest BCUT2D eigenvalue weighted by atomic mass is 35.5. The van der Waals surface area contributed by atoms with E-state index in [4.69, 9.17) is 23.2 Å². The van der Waals surface area contributed by atoms with Gasteiger partial charge in [-0.25, -0.2) is 4.98 Å². The molecular formula is C13H14Cl2N2O2. The van der Waals surface area contributed by atoms with Gasteiger partial charge >= 0.3 is 0 Å². The van der Waals surface area contributed by atoms with E-state index in [-0.39, 0.29) is 18.6 Å². The van der Waals surface area contributed by atoms with Gasteiger partial charge in [0.2, 0.25) is 0 Å². The summed E-state index contributed by atoms with van der Waals surface area (Å²) in [7, 11) is 0. The lowest BCUT2D eigenvalue weighted by atomic mass is 10.1. The van der Waals surface area contributed by atoms with E-state index in [1.54, 1.807) is 18.5 Å². The number of rotatable bonds is 2. The summed E-state index contributed by atoms with van der Waals surface area (Å²) >= 11 is 12.0. The van der Waals surface area contributed by atoms with Gasteiger partial charge in [0.15, 0.2) is 0 Å². The highest BCUT2D eigenvalue weighted by Gasteiger charge is 2.34. The number of aromatic nitrogens is 2. The first kappa shape index (κ1) is 13.2. The monoisotopic (exact) mass is 300 g/mol. The lowest BCUT2D eigenvalue weighted by Crippen LogP contribution is -2.17. The molecule has 1 aliphatic rings. The molecule has 4 nitrogen and oxygen atoms in total. The van der Waals surface area contributed by atoms with E-state index in [2.05, 4.69) is 4.98 Å². The smallest absolute Gasteiger partial charge is 0.0961 e. The van der Waals surface area contributed by atoms with Crippen molar-refractivity contribution in [1.82, 2.24) is 9.55 Å². The van der Waals surface area contributed by atoms with Crippen LogP contribution >= 0.6 is 23.2 Å². The Morgan fingerprint density at radius 1 is 1.26 bits per heavy atom. The largest absolute Gasteiger partial charge is 0.396 e. The molecule has 1 aromatic heterocycles. The van der Waals surface area contributed by atoms with Crippen molar-refractivity contribution < 1.29 is 10.2 Å². The Morgan fingerprint density at radius 2 is 2.00 bits per heavy atom. The molecule has 0 unspecified atom stereocenters. The topological polar surface area (TPSA) is 58.3 Å². The van der Waals surface area contributed by atoms with Crippen LogP contribution in [-0.4, -0.2) is 32.5 Å². The Hall–Kier alpha value is -0.810. The molecule has 6 heteroatoms. The van der Waals surface area contributed by atoms with Crippen LogP contribution in [0.2, 0.25) is 10.0 Å². The second kappa shape index (κ2) is 4.94. The number of aliphatic hydroxyl groups excluding tert-OH is 2. The SMILES string of the molecule is OC[C@@H]1C[C@@H](O)[C@H](n2cnc3cc(Cl)c(Cl)cc32)C1. The Kier molecular flexibility index (Phi) is 3.43. The molecular weight excluding hydrogens is 287 g/mol. The Bertz CT molecular complexity index is 614. The van der Waals surface area contributed by atoms with Gasteiger partial charge in [-0.15, -0.1) is 0 Å². The number of halogens is 2. The number of aliphatic hydroxyl groups is 2. The zero-order valence-electron chi connectivity index (χ0n) is 10.1. The van der Waals surface area contributed by atoms with Gasteiger partial charge in [-0.1, -0.05) is 23.2 Å². The van der Waals surface area contributed by atoms with Gasteiger partial charge in [0.1, 0.15) is 0 Å². The molecule has 0 spiro atoms. The van der Waals surface area contributed by atoms with Gasteiger partial charge in [0.25, 0.3) is 0 Å². The minimum absolute atomic E-state index is 0.0700. The average Bonchev–Trinajstić information content (AvgIpc) is 2.93. The highest BCUT2D eigenvalue weighted by Crippen LogP contribution is 2.37. The van der Waals surface area contributed by atoms with E-state index < -0.39 is 6.10 Å². The van der Waals surface area contributed by atoms with Crippen molar-refractivity contribution in [2.75, 3.05) is 6.61 Å². The standard InChI is InChI=1S/C13H14Cl2N2O2/c14-8-3-10-11(4-9(8)15)17(6-16-10)12-1-7(5-18)2-13(12)19/h3-4,6-7,12-13,18-19H,1-2,5H2/t7-,12+,13+/m0/s1. The zero-order valence-corrected chi connectivity index (χ0v) is 11.6. The zero-order chi connectivity index (χ0) is 13.6. The normalized spacial score (nSPS) is 27.3. The van der Waals surface area contributed by atoms with Crippen LogP contribution in [0.15, 0.2) is 18.5 Å². The summed E-state index contributed by atoms with van der Waals surface area (Å²) < 4.78 is 1.93. The molecule has 0 amide bonds. The van der Waals surface area contributed by atoms with Crippen molar-refractivity contribution >= 4 is 34.2 Å². The predicted octanol–water partition coefficient (Wildman–Crippen LogP) is 2.65. The van der Waals surface area contributed by atoms with Crippen molar-refractivity contribution in [1.29, 1.82) is 0 Å². The molecule has 1 saturated carbocycles. The maximum absolute atomic E-state index is 10.1. The van der Waals surface area contributed by atoms with Crippen molar-refractivity contribution in [3.63, 3.8) is 0 Å². The van der Waals surface area contributed by atoms with Crippen molar-refractivity contribution in [2.24, 2.45) is 5.92 Å². The minimum atomic E-state index is -0.469.